The van der Waals surface area contributed by atoms with Crippen LogP contribution in [0.15, 0.2) is 59.0 Å². The quantitative estimate of drug-likeness (QED) is 0.396. The van der Waals surface area contributed by atoms with E-state index < -0.39 is 17.6 Å². The molecule has 2 aromatic carbocycles. The van der Waals surface area contributed by atoms with Crippen molar-refractivity contribution in [1.29, 1.82) is 0 Å². The molecule has 1 heterocycles. The molecule has 0 atom stereocenters. The van der Waals surface area contributed by atoms with Crippen LogP contribution in [0.1, 0.15) is 27.3 Å². The van der Waals surface area contributed by atoms with Crippen LogP contribution in [-0.4, -0.2) is 15.5 Å². The zero-order valence-corrected chi connectivity index (χ0v) is 15.5. The van der Waals surface area contributed by atoms with Gasteiger partial charge in [0.2, 0.25) is 10.0 Å². The SMILES string of the molecule is Cc1ccc(C(=O)N=[N+]=Nc2ccc(-n3ccnc3C)c(C(F)(F)F)c2)cc1N. The molecule has 29 heavy (non-hydrogen) atoms. The molecule has 0 fully saturated rings. The normalized spacial score (nSPS) is 11.1. The number of nitrogens with two attached hydrogens (primary N) is 1. The number of amides is 1. The van der Waals surface area contributed by atoms with Gasteiger partial charge in [-0.25, -0.2) is 4.98 Å². The molecule has 0 unspecified atom stereocenters. The standard InChI is InChI=1S/C19H16F3N6O/c1-11-3-4-13(9-16(11)23)18(29)26-27-25-14-5-6-17(15(10-14)19(20,21)22)28-8-7-24-12(28)2/h3-10H,23H2,1-2H3/q+1. The van der Waals surface area contributed by atoms with E-state index in [0.717, 1.165) is 11.6 Å². The molecular weight excluding hydrogens is 385 g/mol. The molecule has 0 aliphatic carbocycles. The number of rotatable bonds is 3. The maximum atomic E-state index is 13.5. The van der Waals surface area contributed by atoms with Gasteiger partial charge in [-0.15, -0.1) is 0 Å². The summed E-state index contributed by atoms with van der Waals surface area (Å²) in [7, 11) is 0. The molecule has 2 N–H and O–H groups in total. The molecule has 10 heteroatoms. The lowest BCUT2D eigenvalue weighted by atomic mass is 10.1. The van der Waals surface area contributed by atoms with Gasteiger partial charge in [0.1, 0.15) is 5.82 Å². The Labute approximate surface area is 163 Å². The minimum Gasteiger partial charge on any atom is -0.398 e. The zero-order chi connectivity index (χ0) is 21.2. The summed E-state index contributed by atoms with van der Waals surface area (Å²) >= 11 is 0. The number of carbonyl (C=O) groups is 1. The largest absolute Gasteiger partial charge is 0.418 e. The van der Waals surface area contributed by atoms with Gasteiger partial charge < -0.3 is 10.3 Å². The minimum absolute atomic E-state index is 0.0883. The van der Waals surface area contributed by atoms with Crippen LogP contribution in [0, 0.1) is 13.8 Å². The lowest BCUT2D eigenvalue weighted by molar-refractivity contribution is -0.137. The fourth-order valence-electron chi connectivity index (χ4n) is 2.60. The van der Waals surface area contributed by atoms with E-state index in [9.17, 15) is 18.0 Å². The second-order valence-electron chi connectivity index (χ2n) is 6.21. The summed E-state index contributed by atoms with van der Waals surface area (Å²) in [5.41, 5.74) is 6.07. The van der Waals surface area contributed by atoms with Gasteiger partial charge in [0.25, 0.3) is 0 Å². The van der Waals surface area contributed by atoms with Crippen molar-refractivity contribution in [3.8, 4) is 5.69 Å². The topological polar surface area (TPSA) is 99.7 Å². The molecule has 3 rings (SSSR count). The Morgan fingerprint density at radius 2 is 1.93 bits per heavy atom. The van der Waals surface area contributed by atoms with Crippen LogP contribution in [0.5, 0.6) is 0 Å². The van der Waals surface area contributed by atoms with Crippen LogP contribution in [0.2, 0.25) is 0 Å². The second kappa shape index (κ2) is 7.69. The van der Waals surface area contributed by atoms with Crippen LogP contribution in [0.4, 0.5) is 24.5 Å². The molecule has 1 aromatic heterocycles. The number of anilines is 1. The van der Waals surface area contributed by atoms with E-state index in [4.69, 9.17) is 5.73 Å². The number of halogens is 3. The van der Waals surface area contributed by atoms with Crippen molar-refractivity contribution in [1.82, 2.24) is 14.5 Å². The highest BCUT2D eigenvalue weighted by molar-refractivity contribution is 5.95. The molecule has 0 aliphatic rings. The third kappa shape index (κ3) is 4.39. The number of aromatic nitrogens is 2. The molecule has 1 amide bonds. The van der Waals surface area contributed by atoms with Crippen molar-refractivity contribution in [2.45, 2.75) is 20.0 Å². The highest BCUT2D eigenvalue weighted by Gasteiger charge is 2.35. The van der Waals surface area contributed by atoms with Crippen LogP contribution in [0.3, 0.4) is 0 Å². The van der Waals surface area contributed by atoms with Gasteiger partial charge in [-0.05, 0) is 49.7 Å². The predicted molar refractivity (Wildman–Crippen MR) is 99.9 cm³/mol. The Hall–Kier alpha value is -3.78. The lowest BCUT2D eigenvalue weighted by Gasteiger charge is -2.14. The summed E-state index contributed by atoms with van der Waals surface area (Å²) in [6.07, 6.45) is -1.78. The number of hydrogen-bond donors (Lipinski definition) is 1. The maximum Gasteiger partial charge on any atom is 0.418 e. The first-order chi connectivity index (χ1) is 13.7. The number of carbonyl (C=O) groups excluding carboxylic acids is 1. The van der Waals surface area contributed by atoms with Crippen LogP contribution in [0.25, 0.3) is 5.69 Å². The van der Waals surface area contributed by atoms with Crippen LogP contribution in [-0.2, 0) is 6.18 Å². The smallest absolute Gasteiger partial charge is 0.398 e. The first-order valence-corrected chi connectivity index (χ1v) is 8.40. The second-order valence-corrected chi connectivity index (χ2v) is 6.21. The number of nitrogens with zero attached hydrogens (tertiary/aromatic N) is 5. The summed E-state index contributed by atoms with van der Waals surface area (Å²) < 4.78 is 41.8. The number of alkyl halides is 3. The van der Waals surface area contributed by atoms with Gasteiger partial charge in [0.15, 0.2) is 10.8 Å². The van der Waals surface area contributed by atoms with Crippen molar-refractivity contribution in [2.24, 2.45) is 10.2 Å². The molecule has 148 valence electrons. The number of aryl methyl sites for hydroxylation is 2. The van der Waals surface area contributed by atoms with Crippen molar-refractivity contribution in [3.63, 3.8) is 0 Å². The Morgan fingerprint density at radius 1 is 1.17 bits per heavy atom. The van der Waals surface area contributed by atoms with E-state index in [-0.39, 0.29) is 16.9 Å². The Bertz CT molecular complexity index is 1140. The molecular formula is C19H16F3N6O+. The van der Waals surface area contributed by atoms with E-state index in [1.165, 1.54) is 41.2 Å². The summed E-state index contributed by atoms with van der Waals surface area (Å²) in [6, 6.07) is 8.06. The van der Waals surface area contributed by atoms with E-state index >= 15 is 0 Å². The molecule has 0 aliphatic heterocycles. The van der Waals surface area contributed by atoms with E-state index in [1.807, 2.05) is 0 Å². The summed E-state index contributed by atoms with van der Waals surface area (Å²) in [5, 5.41) is 7.02. The van der Waals surface area contributed by atoms with Gasteiger partial charge in [-0.3, -0.25) is 4.79 Å². The van der Waals surface area contributed by atoms with Crippen molar-refractivity contribution in [2.75, 3.05) is 5.73 Å². The number of benzene rings is 2. The van der Waals surface area contributed by atoms with Crippen molar-refractivity contribution >= 4 is 17.3 Å². The fraction of sp³-hybridized carbons (Fsp3) is 0.158. The van der Waals surface area contributed by atoms with E-state index in [1.54, 1.807) is 19.9 Å². The van der Waals surface area contributed by atoms with E-state index in [0.29, 0.717) is 11.5 Å². The van der Waals surface area contributed by atoms with Gasteiger partial charge in [-0.2, -0.15) is 13.2 Å². The molecule has 0 bridgehead atoms. The van der Waals surface area contributed by atoms with E-state index in [2.05, 4.69) is 20.1 Å². The summed E-state index contributed by atoms with van der Waals surface area (Å²) in [5.74, 6) is -0.301. The first kappa shape index (κ1) is 20.0. The van der Waals surface area contributed by atoms with Crippen molar-refractivity contribution < 1.29 is 18.0 Å². The molecule has 3 aromatic rings. The molecule has 0 spiro atoms. The highest BCUT2D eigenvalue weighted by Crippen LogP contribution is 2.36. The van der Waals surface area contributed by atoms with Crippen molar-refractivity contribution in [3.05, 3.63) is 71.3 Å². The molecule has 0 saturated carbocycles. The lowest BCUT2D eigenvalue weighted by Crippen LogP contribution is -2.11. The number of nitrogen functional groups attached to an aromatic ring is 1. The van der Waals surface area contributed by atoms with Gasteiger partial charge in [0.05, 0.1) is 16.8 Å². The fourth-order valence-corrected chi connectivity index (χ4v) is 2.60. The van der Waals surface area contributed by atoms with Crippen LogP contribution < -0.4 is 10.6 Å². The average molecular weight is 401 g/mol. The monoisotopic (exact) mass is 401 g/mol. The summed E-state index contributed by atoms with van der Waals surface area (Å²) in [6.45, 7) is 3.38. The zero-order valence-electron chi connectivity index (χ0n) is 15.5. The minimum atomic E-state index is -4.62. The van der Waals surface area contributed by atoms with Crippen LogP contribution >= 0.6 is 0 Å². The third-order valence-corrected chi connectivity index (χ3v) is 4.19. The predicted octanol–water partition coefficient (Wildman–Crippen LogP) is 4.53. The number of imidazole rings is 1. The average Bonchev–Trinajstić information content (AvgIpc) is 3.09. The number of hydrogen-bond acceptors (Lipinski definition) is 4. The Morgan fingerprint density at radius 3 is 2.55 bits per heavy atom. The van der Waals surface area contributed by atoms with Gasteiger partial charge in [0, 0.05) is 18.1 Å². The maximum absolute atomic E-state index is 13.5. The Balaban J connectivity index is 1.93. The molecule has 7 nitrogen and oxygen atoms in total. The Kier molecular flexibility index (Phi) is 5.29. The molecule has 0 radical (unpaired) electrons. The van der Waals surface area contributed by atoms with Gasteiger partial charge >= 0.3 is 12.1 Å². The third-order valence-electron chi connectivity index (χ3n) is 4.19. The first-order valence-electron chi connectivity index (χ1n) is 8.40. The highest BCUT2D eigenvalue weighted by atomic mass is 19.4. The summed E-state index contributed by atoms with van der Waals surface area (Å²) in [4.78, 5) is 19.3. The molecule has 0 saturated heterocycles. The van der Waals surface area contributed by atoms with Gasteiger partial charge in [-0.1, -0.05) is 6.07 Å².